The van der Waals surface area contributed by atoms with Crippen molar-refractivity contribution in [2.75, 3.05) is 7.11 Å². The highest BCUT2D eigenvalue weighted by atomic mass is 16.5. The molecule has 1 aromatic heterocycles. The molecule has 1 heterocycles. The monoisotopic (exact) mass is 259 g/mol. The summed E-state index contributed by atoms with van der Waals surface area (Å²) in [7, 11) is 1.60. The van der Waals surface area contributed by atoms with Crippen molar-refractivity contribution in [2.24, 2.45) is 0 Å². The fraction of sp³-hybridized carbons (Fsp3) is 0.286. The lowest BCUT2D eigenvalue weighted by molar-refractivity contribution is 0.410. The molecule has 0 saturated carbocycles. The number of aryl methyl sites for hydroxylation is 1. The highest BCUT2D eigenvalue weighted by Crippen LogP contribution is 2.22. The van der Waals surface area contributed by atoms with Crippen molar-refractivity contribution in [1.82, 2.24) is 15.3 Å². The van der Waals surface area contributed by atoms with Crippen molar-refractivity contribution in [2.45, 2.75) is 20.0 Å². The van der Waals surface area contributed by atoms with E-state index in [1.54, 1.807) is 25.4 Å². The molecule has 0 unspecified atom stereocenters. The first-order chi connectivity index (χ1) is 9.19. The molecule has 0 aliphatic heterocycles. The molecule has 0 spiro atoms. The Morgan fingerprint density at radius 3 is 2.84 bits per heavy atom. The molecular formula is C14H17N3O2. The minimum atomic E-state index is 0.257. The summed E-state index contributed by atoms with van der Waals surface area (Å²) < 4.78 is 5.13. The minimum Gasteiger partial charge on any atom is -0.508 e. The molecule has 0 amide bonds. The molecule has 0 fully saturated rings. The number of phenols is 1. The predicted molar refractivity (Wildman–Crippen MR) is 72.0 cm³/mol. The molecule has 0 aliphatic rings. The first-order valence-electron chi connectivity index (χ1n) is 6.04. The lowest BCUT2D eigenvalue weighted by Crippen LogP contribution is -2.14. The Morgan fingerprint density at radius 2 is 2.11 bits per heavy atom. The number of hydrogen-bond acceptors (Lipinski definition) is 5. The fourth-order valence-electron chi connectivity index (χ4n) is 1.76. The van der Waals surface area contributed by atoms with E-state index in [-0.39, 0.29) is 5.75 Å². The van der Waals surface area contributed by atoms with Gasteiger partial charge in [-0.05, 0) is 31.2 Å². The van der Waals surface area contributed by atoms with Gasteiger partial charge >= 0.3 is 0 Å². The number of aromatic hydroxyl groups is 1. The summed E-state index contributed by atoms with van der Waals surface area (Å²) in [5.41, 5.74) is 1.72. The van der Waals surface area contributed by atoms with Crippen molar-refractivity contribution >= 4 is 0 Å². The Bertz CT molecular complexity index is 558. The number of benzene rings is 1. The average Bonchev–Trinajstić information content (AvgIpc) is 2.41. The van der Waals surface area contributed by atoms with E-state index in [0.717, 1.165) is 22.8 Å². The molecule has 2 aromatic rings. The van der Waals surface area contributed by atoms with Gasteiger partial charge in [0.25, 0.3) is 0 Å². The Balaban J connectivity index is 1.95. The third-order valence-corrected chi connectivity index (χ3v) is 2.74. The van der Waals surface area contributed by atoms with E-state index in [4.69, 9.17) is 4.74 Å². The van der Waals surface area contributed by atoms with Crippen LogP contribution < -0.4 is 10.1 Å². The third-order valence-electron chi connectivity index (χ3n) is 2.74. The summed E-state index contributed by atoms with van der Waals surface area (Å²) in [4.78, 5) is 8.35. The van der Waals surface area contributed by atoms with Crippen LogP contribution in [0.4, 0.5) is 0 Å². The van der Waals surface area contributed by atoms with E-state index < -0.39 is 0 Å². The second-order valence-corrected chi connectivity index (χ2v) is 4.19. The zero-order chi connectivity index (χ0) is 13.7. The molecule has 5 nitrogen and oxygen atoms in total. The highest BCUT2D eigenvalue weighted by molar-refractivity contribution is 5.39. The maximum absolute atomic E-state index is 9.75. The van der Waals surface area contributed by atoms with E-state index in [0.29, 0.717) is 13.1 Å². The van der Waals surface area contributed by atoms with Crippen molar-refractivity contribution in [1.29, 1.82) is 0 Å². The SMILES string of the molecule is COc1ccc(O)c(CNCc2ccnc(C)n2)c1. The van der Waals surface area contributed by atoms with Gasteiger partial charge in [0.15, 0.2) is 0 Å². The average molecular weight is 259 g/mol. The molecule has 0 saturated heterocycles. The lowest BCUT2D eigenvalue weighted by Gasteiger charge is -2.08. The zero-order valence-corrected chi connectivity index (χ0v) is 11.1. The molecule has 0 aliphatic carbocycles. The second kappa shape index (κ2) is 6.15. The molecule has 1 aromatic carbocycles. The van der Waals surface area contributed by atoms with Crippen LogP contribution in [0.15, 0.2) is 30.5 Å². The van der Waals surface area contributed by atoms with Gasteiger partial charge in [-0.1, -0.05) is 0 Å². The smallest absolute Gasteiger partial charge is 0.125 e. The van der Waals surface area contributed by atoms with Crippen molar-refractivity contribution in [3.8, 4) is 11.5 Å². The standard InChI is InChI=1S/C14H17N3O2/c1-10-16-6-5-12(17-10)9-15-8-11-7-13(19-2)3-4-14(11)18/h3-7,15,18H,8-9H2,1-2H3. The van der Waals surface area contributed by atoms with Crippen LogP contribution in [-0.2, 0) is 13.1 Å². The Kier molecular flexibility index (Phi) is 4.30. The third kappa shape index (κ3) is 3.66. The van der Waals surface area contributed by atoms with Gasteiger partial charge in [0.1, 0.15) is 17.3 Å². The van der Waals surface area contributed by atoms with Crippen LogP contribution in [0.25, 0.3) is 0 Å². The van der Waals surface area contributed by atoms with Gasteiger partial charge in [0.2, 0.25) is 0 Å². The molecule has 19 heavy (non-hydrogen) atoms. The van der Waals surface area contributed by atoms with E-state index in [1.807, 2.05) is 19.1 Å². The van der Waals surface area contributed by atoms with Gasteiger partial charge in [0.05, 0.1) is 12.8 Å². The van der Waals surface area contributed by atoms with Crippen LogP contribution >= 0.6 is 0 Å². The lowest BCUT2D eigenvalue weighted by atomic mass is 10.2. The van der Waals surface area contributed by atoms with Gasteiger partial charge in [-0.2, -0.15) is 0 Å². The van der Waals surface area contributed by atoms with E-state index >= 15 is 0 Å². The molecule has 2 N–H and O–H groups in total. The normalized spacial score (nSPS) is 10.4. The Morgan fingerprint density at radius 1 is 1.26 bits per heavy atom. The van der Waals surface area contributed by atoms with Gasteiger partial charge in [-0.3, -0.25) is 0 Å². The molecule has 5 heteroatoms. The Hall–Kier alpha value is -2.14. The molecule has 0 radical (unpaired) electrons. The minimum absolute atomic E-state index is 0.257. The zero-order valence-electron chi connectivity index (χ0n) is 11.1. The topological polar surface area (TPSA) is 67.3 Å². The van der Waals surface area contributed by atoms with E-state index in [1.165, 1.54) is 0 Å². The quantitative estimate of drug-likeness (QED) is 0.857. The highest BCUT2D eigenvalue weighted by Gasteiger charge is 2.03. The maximum Gasteiger partial charge on any atom is 0.125 e. The molecule has 0 bridgehead atoms. The molecule has 0 atom stereocenters. The largest absolute Gasteiger partial charge is 0.508 e. The van der Waals surface area contributed by atoms with Crippen molar-refractivity contribution in [3.05, 3.63) is 47.5 Å². The first-order valence-corrected chi connectivity index (χ1v) is 6.04. The van der Waals surface area contributed by atoms with Crippen LogP contribution in [0.2, 0.25) is 0 Å². The van der Waals surface area contributed by atoms with Gasteiger partial charge in [-0.25, -0.2) is 9.97 Å². The predicted octanol–water partition coefficient (Wildman–Crippen LogP) is 1.79. The van der Waals surface area contributed by atoms with E-state index in [2.05, 4.69) is 15.3 Å². The summed E-state index contributed by atoms with van der Waals surface area (Å²) in [6, 6.07) is 7.04. The number of methoxy groups -OCH3 is 1. The van der Waals surface area contributed by atoms with Gasteiger partial charge in [0, 0.05) is 24.8 Å². The molecule has 100 valence electrons. The maximum atomic E-state index is 9.75. The first kappa shape index (κ1) is 13.3. The second-order valence-electron chi connectivity index (χ2n) is 4.19. The Labute approximate surface area is 112 Å². The van der Waals surface area contributed by atoms with Crippen LogP contribution in [0, 0.1) is 6.92 Å². The van der Waals surface area contributed by atoms with Crippen LogP contribution in [0.5, 0.6) is 11.5 Å². The van der Waals surface area contributed by atoms with E-state index in [9.17, 15) is 5.11 Å². The number of hydrogen-bond donors (Lipinski definition) is 2. The van der Waals surface area contributed by atoms with Crippen molar-refractivity contribution in [3.63, 3.8) is 0 Å². The number of nitrogens with one attached hydrogen (secondary N) is 1. The number of aromatic nitrogens is 2. The molecule has 2 rings (SSSR count). The summed E-state index contributed by atoms with van der Waals surface area (Å²) in [6.45, 7) is 3.03. The number of ether oxygens (including phenoxy) is 1. The summed E-state index contributed by atoms with van der Waals surface area (Å²) in [5, 5.41) is 13.0. The van der Waals surface area contributed by atoms with Crippen LogP contribution in [-0.4, -0.2) is 22.2 Å². The number of phenolic OH excluding ortho intramolecular Hbond substituents is 1. The van der Waals surface area contributed by atoms with Crippen LogP contribution in [0.3, 0.4) is 0 Å². The summed E-state index contributed by atoms with van der Waals surface area (Å²) in [6.07, 6.45) is 1.74. The summed E-state index contributed by atoms with van der Waals surface area (Å²) in [5.74, 6) is 1.74. The van der Waals surface area contributed by atoms with Crippen molar-refractivity contribution < 1.29 is 9.84 Å². The summed E-state index contributed by atoms with van der Waals surface area (Å²) >= 11 is 0. The molecular weight excluding hydrogens is 242 g/mol. The van der Waals surface area contributed by atoms with Gasteiger partial charge in [-0.15, -0.1) is 0 Å². The fourth-order valence-corrected chi connectivity index (χ4v) is 1.76. The number of nitrogens with zero attached hydrogens (tertiary/aromatic N) is 2. The van der Waals surface area contributed by atoms with Crippen LogP contribution in [0.1, 0.15) is 17.1 Å². The van der Waals surface area contributed by atoms with Gasteiger partial charge < -0.3 is 15.2 Å². The number of rotatable bonds is 5.